The third-order valence-electron chi connectivity index (χ3n) is 1.16. The summed E-state index contributed by atoms with van der Waals surface area (Å²) in [6.07, 6.45) is 0. The maximum absolute atomic E-state index is 12.6. The first-order chi connectivity index (χ1) is 5.04. The van der Waals surface area contributed by atoms with Crippen LogP contribution in [0.1, 0.15) is 0 Å². The topological polar surface area (TPSA) is 90.9 Å². The maximum atomic E-state index is 12.6. The quantitative estimate of drug-likeness (QED) is 0.502. The van der Waals surface area contributed by atoms with Crippen molar-refractivity contribution < 1.29 is 8.78 Å². The van der Waals surface area contributed by atoms with Gasteiger partial charge in [-0.25, -0.2) is 13.8 Å². The molecule has 0 bridgehead atoms. The normalized spacial score (nSPS) is 10.0. The van der Waals surface area contributed by atoms with Gasteiger partial charge in [0.25, 0.3) is 0 Å². The summed E-state index contributed by atoms with van der Waals surface area (Å²) in [5.74, 6) is -3.14. The van der Waals surface area contributed by atoms with Crippen LogP contribution < -0.4 is 17.2 Å². The molecule has 0 saturated heterocycles. The molecular weight excluding hydrogens is 154 g/mol. The Morgan fingerprint density at radius 3 is 1.64 bits per heavy atom. The van der Waals surface area contributed by atoms with E-state index in [-0.39, 0.29) is 0 Å². The van der Waals surface area contributed by atoms with Crippen LogP contribution in [0.5, 0.6) is 0 Å². The number of pyridine rings is 1. The zero-order valence-electron chi connectivity index (χ0n) is 5.44. The van der Waals surface area contributed by atoms with Crippen molar-refractivity contribution in [3.63, 3.8) is 0 Å². The van der Waals surface area contributed by atoms with Crippen molar-refractivity contribution in [2.24, 2.45) is 0 Å². The van der Waals surface area contributed by atoms with E-state index in [4.69, 9.17) is 17.2 Å². The molecule has 0 aliphatic heterocycles. The molecule has 1 rings (SSSR count). The minimum atomic E-state index is -1.07. The van der Waals surface area contributed by atoms with Crippen LogP contribution in [0.3, 0.4) is 0 Å². The van der Waals surface area contributed by atoms with E-state index < -0.39 is 29.0 Å². The number of aromatic nitrogens is 1. The zero-order valence-corrected chi connectivity index (χ0v) is 5.44. The lowest BCUT2D eigenvalue weighted by atomic mass is 10.3. The lowest BCUT2D eigenvalue weighted by Crippen LogP contribution is -2.07. The lowest BCUT2D eigenvalue weighted by Gasteiger charge is -2.02. The Labute approximate surface area is 61.0 Å². The molecule has 0 unspecified atom stereocenters. The van der Waals surface area contributed by atoms with Gasteiger partial charge in [0, 0.05) is 0 Å². The van der Waals surface area contributed by atoms with Gasteiger partial charge in [0.2, 0.25) is 0 Å². The molecule has 0 fully saturated rings. The Kier molecular flexibility index (Phi) is 1.52. The second kappa shape index (κ2) is 2.22. The minimum absolute atomic E-state index is 0.499. The van der Waals surface area contributed by atoms with Gasteiger partial charge in [-0.3, -0.25) is 0 Å². The number of nitrogens with zero attached hydrogens (tertiary/aromatic N) is 1. The summed E-state index contributed by atoms with van der Waals surface area (Å²) >= 11 is 0. The number of anilines is 3. The van der Waals surface area contributed by atoms with E-state index in [9.17, 15) is 8.78 Å². The minimum Gasteiger partial charge on any atom is -0.394 e. The molecule has 1 aromatic heterocycles. The average molecular weight is 160 g/mol. The van der Waals surface area contributed by atoms with Gasteiger partial charge in [-0.2, -0.15) is 0 Å². The highest BCUT2D eigenvalue weighted by molar-refractivity contribution is 5.57. The highest BCUT2D eigenvalue weighted by atomic mass is 19.1. The Morgan fingerprint density at radius 1 is 0.909 bits per heavy atom. The number of halogens is 2. The van der Waals surface area contributed by atoms with Gasteiger partial charge in [-0.05, 0) is 0 Å². The van der Waals surface area contributed by atoms with Gasteiger partial charge in [0.15, 0.2) is 23.3 Å². The van der Waals surface area contributed by atoms with Crippen molar-refractivity contribution >= 4 is 17.3 Å². The Morgan fingerprint density at radius 2 is 1.27 bits per heavy atom. The van der Waals surface area contributed by atoms with Gasteiger partial charge < -0.3 is 17.2 Å². The number of rotatable bonds is 0. The van der Waals surface area contributed by atoms with E-state index in [1.807, 2.05) is 0 Å². The number of hydrogen-bond donors (Lipinski definition) is 3. The summed E-state index contributed by atoms with van der Waals surface area (Å²) < 4.78 is 25.1. The largest absolute Gasteiger partial charge is 0.394 e. The summed E-state index contributed by atoms with van der Waals surface area (Å²) in [5.41, 5.74) is 14.2. The van der Waals surface area contributed by atoms with Crippen LogP contribution >= 0.6 is 0 Å². The average Bonchev–Trinajstić information content (AvgIpc) is 1.97. The monoisotopic (exact) mass is 160 g/mol. The van der Waals surface area contributed by atoms with Crippen molar-refractivity contribution in [3.05, 3.63) is 11.6 Å². The van der Waals surface area contributed by atoms with Crippen LogP contribution in [0.25, 0.3) is 0 Å². The highest BCUT2D eigenvalue weighted by Gasteiger charge is 2.13. The molecule has 1 heterocycles. The van der Waals surface area contributed by atoms with Crippen LogP contribution in [0, 0.1) is 11.6 Å². The van der Waals surface area contributed by atoms with Gasteiger partial charge >= 0.3 is 0 Å². The van der Waals surface area contributed by atoms with E-state index >= 15 is 0 Å². The summed E-state index contributed by atoms with van der Waals surface area (Å²) in [7, 11) is 0. The first-order valence-electron chi connectivity index (χ1n) is 2.69. The van der Waals surface area contributed by atoms with E-state index in [0.29, 0.717) is 0 Å². The Bertz CT molecular complexity index is 273. The number of nitrogen functional groups attached to an aromatic ring is 3. The van der Waals surface area contributed by atoms with Gasteiger partial charge in [-0.15, -0.1) is 0 Å². The van der Waals surface area contributed by atoms with Gasteiger partial charge in [0.05, 0.1) is 0 Å². The van der Waals surface area contributed by atoms with E-state index in [1.165, 1.54) is 0 Å². The van der Waals surface area contributed by atoms with Crippen LogP contribution in [0.2, 0.25) is 0 Å². The first kappa shape index (κ1) is 7.52. The second-order valence-corrected chi connectivity index (χ2v) is 1.92. The lowest BCUT2D eigenvalue weighted by molar-refractivity contribution is 0.589. The Balaban J connectivity index is 3.46. The molecule has 0 atom stereocenters. The second-order valence-electron chi connectivity index (χ2n) is 1.92. The van der Waals surface area contributed by atoms with Crippen LogP contribution in [-0.4, -0.2) is 4.98 Å². The van der Waals surface area contributed by atoms with Crippen LogP contribution in [0.4, 0.5) is 26.1 Å². The summed E-state index contributed by atoms with van der Waals surface area (Å²) in [6.45, 7) is 0. The van der Waals surface area contributed by atoms with Gasteiger partial charge in [0.1, 0.15) is 5.69 Å². The number of hydrogen-bond acceptors (Lipinski definition) is 4. The molecule has 0 spiro atoms. The summed E-state index contributed by atoms with van der Waals surface area (Å²) in [4.78, 5) is 3.16. The molecule has 6 heteroatoms. The fourth-order valence-electron chi connectivity index (χ4n) is 0.600. The Hall–Kier alpha value is -1.59. The zero-order chi connectivity index (χ0) is 8.59. The standard InChI is InChI=1S/C5H6F2N4/c6-1-3(8)2(7)5(10)11-4(1)9/h(H6,8,9,10,11). The maximum Gasteiger partial charge on any atom is 0.191 e. The van der Waals surface area contributed by atoms with Crippen LogP contribution in [0.15, 0.2) is 0 Å². The third-order valence-corrected chi connectivity index (χ3v) is 1.16. The molecule has 11 heavy (non-hydrogen) atoms. The van der Waals surface area contributed by atoms with E-state index in [1.54, 1.807) is 0 Å². The van der Waals surface area contributed by atoms with Crippen molar-refractivity contribution in [1.29, 1.82) is 0 Å². The molecule has 0 aromatic carbocycles. The molecule has 0 radical (unpaired) electrons. The van der Waals surface area contributed by atoms with E-state index in [0.717, 1.165) is 0 Å². The fourth-order valence-corrected chi connectivity index (χ4v) is 0.600. The number of nitrogens with two attached hydrogens (primary N) is 3. The predicted molar refractivity (Wildman–Crippen MR) is 37.4 cm³/mol. The molecule has 0 saturated carbocycles. The van der Waals surface area contributed by atoms with Crippen LogP contribution in [-0.2, 0) is 0 Å². The highest BCUT2D eigenvalue weighted by Crippen LogP contribution is 2.22. The molecule has 4 nitrogen and oxygen atoms in total. The molecule has 0 amide bonds. The third kappa shape index (κ3) is 1.02. The molecule has 0 aliphatic carbocycles. The molecular formula is C5H6F2N4. The molecule has 0 aliphatic rings. The SMILES string of the molecule is Nc1nc(N)c(F)c(N)c1F. The van der Waals surface area contributed by atoms with E-state index in [2.05, 4.69) is 4.98 Å². The van der Waals surface area contributed by atoms with Crippen molar-refractivity contribution in [2.45, 2.75) is 0 Å². The molecule has 1 aromatic rings. The fraction of sp³-hybridized carbons (Fsp3) is 0. The van der Waals surface area contributed by atoms with Gasteiger partial charge in [-0.1, -0.05) is 0 Å². The summed E-state index contributed by atoms with van der Waals surface area (Å²) in [6, 6.07) is 0. The van der Waals surface area contributed by atoms with Crippen molar-refractivity contribution in [1.82, 2.24) is 4.98 Å². The molecule has 6 N–H and O–H groups in total. The van der Waals surface area contributed by atoms with Crippen molar-refractivity contribution in [3.8, 4) is 0 Å². The smallest absolute Gasteiger partial charge is 0.191 e. The predicted octanol–water partition coefficient (Wildman–Crippen LogP) is 0.106. The molecule has 60 valence electrons. The van der Waals surface area contributed by atoms with Crippen molar-refractivity contribution in [2.75, 3.05) is 17.2 Å². The first-order valence-corrected chi connectivity index (χ1v) is 2.69. The summed E-state index contributed by atoms with van der Waals surface area (Å²) in [5, 5.41) is 0.